The van der Waals surface area contributed by atoms with Crippen molar-refractivity contribution < 1.29 is 0 Å². The Labute approximate surface area is 94.2 Å². The monoisotopic (exact) mass is 226 g/mol. The van der Waals surface area contributed by atoms with E-state index in [1.807, 2.05) is 6.92 Å². The van der Waals surface area contributed by atoms with Crippen LogP contribution in [-0.2, 0) is 0 Å². The van der Waals surface area contributed by atoms with E-state index < -0.39 is 0 Å². The quantitative estimate of drug-likeness (QED) is 0.760. The van der Waals surface area contributed by atoms with E-state index in [1.54, 1.807) is 0 Å². The maximum atomic E-state index is 5.87. The molecule has 0 amide bonds. The number of halogens is 1. The van der Waals surface area contributed by atoms with Gasteiger partial charge in [-0.25, -0.2) is 4.98 Å². The van der Waals surface area contributed by atoms with Crippen molar-refractivity contribution in [1.82, 2.24) is 9.97 Å². The third kappa shape index (κ3) is 2.00. The van der Waals surface area contributed by atoms with Crippen molar-refractivity contribution in [2.75, 3.05) is 11.1 Å². The van der Waals surface area contributed by atoms with E-state index in [4.69, 9.17) is 17.3 Å². The standard InChI is InChI=1S/C10H15ClN4/c1-5-7(12)8(15-9(11)13-5)14-6-4-10(6,2)3/h6H,4,12H2,1-3H3,(H,13,14,15). The van der Waals surface area contributed by atoms with Crippen LogP contribution in [0.5, 0.6) is 0 Å². The van der Waals surface area contributed by atoms with Crippen LogP contribution >= 0.6 is 11.6 Å². The van der Waals surface area contributed by atoms with Gasteiger partial charge in [-0.15, -0.1) is 0 Å². The highest BCUT2D eigenvalue weighted by atomic mass is 35.5. The Morgan fingerprint density at radius 1 is 1.47 bits per heavy atom. The van der Waals surface area contributed by atoms with Gasteiger partial charge in [-0.05, 0) is 30.4 Å². The maximum Gasteiger partial charge on any atom is 0.224 e. The molecule has 15 heavy (non-hydrogen) atoms. The van der Waals surface area contributed by atoms with E-state index in [0.717, 1.165) is 12.1 Å². The number of nitrogens with two attached hydrogens (primary N) is 1. The summed E-state index contributed by atoms with van der Waals surface area (Å²) in [5, 5.41) is 3.53. The van der Waals surface area contributed by atoms with Crippen LogP contribution in [0.25, 0.3) is 0 Å². The molecule has 0 spiro atoms. The predicted molar refractivity (Wildman–Crippen MR) is 62.0 cm³/mol. The van der Waals surface area contributed by atoms with Crippen LogP contribution in [0.2, 0.25) is 5.28 Å². The van der Waals surface area contributed by atoms with Crippen molar-refractivity contribution >= 4 is 23.1 Å². The number of aryl methyl sites for hydroxylation is 1. The second-order valence-electron chi connectivity index (χ2n) is 4.73. The van der Waals surface area contributed by atoms with Gasteiger partial charge in [0.25, 0.3) is 0 Å². The predicted octanol–water partition coefficient (Wildman–Crippen LogP) is 2.23. The first-order chi connectivity index (χ1) is 6.90. The molecule has 82 valence electrons. The summed E-state index contributed by atoms with van der Waals surface area (Å²) in [5.74, 6) is 0.656. The number of nitrogens with zero attached hydrogens (tertiary/aromatic N) is 2. The second-order valence-corrected chi connectivity index (χ2v) is 5.07. The van der Waals surface area contributed by atoms with Crippen LogP contribution in [-0.4, -0.2) is 16.0 Å². The van der Waals surface area contributed by atoms with E-state index in [0.29, 0.717) is 23.0 Å². The number of nitrogen functional groups attached to an aromatic ring is 1. The summed E-state index contributed by atoms with van der Waals surface area (Å²) in [5.41, 5.74) is 7.50. The van der Waals surface area contributed by atoms with Crippen molar-refractivity contribution in [3.8, 4) is 0 Å². The third-order valence-corrected chi connectivity index (χ3v) is 3.10. The Morgan fingerprint density at radius 3 is 2.60 bits per heavy atom. The topological polar surface area (TPSA) is 63.8 Å². The van der Waals surface area contributed by atoms with Gasteiger partial charge in [0, 0.05) is 6.04 Å². The van der Waals surface area contributed by atoms with Crippen LogP contribution in [0, 0.1) is 12.3 Å². The molecule has 1 heterocycles. The van der Waals surface area contributed by atoms with Gasteiger partial charge >= 0.3 is 0 Å². The van der Waals surface area contributed by atoms with Gasteiger partial charge in [-0.2, -0.15) is 4.98 Å². The second kappa shape index (κ2) is 3.23. The maximum absolute atomic E-state index is 5.87. The summed E-state index contributed by atoms with van der Waals surface area (Å²) in [6.45, 7) is 6.24. The first-order valence-electron chi connectivity index (χ1n) is 4.96. The number of anilines is 2. The summed E-state index contributed by atoms with van der Waals surface area (Å²) in [6.07, 6.45) is 1.13. The van der Waals surface area contributed by atoms with Crippen molar-refractivity contribution in [3.63, 3.8) is 0 Å². The molecule has 5 heteroatoms. The molecule has 0 aliphatic heterocycles. The lowest BCUT2D eigenvalue weighted by molar-refractivity contribution is 0.630. The molecular weight excluding hydrogens is 212 g/mol. The van der Waals surface area contributed by atoms with Crippen molar-refractivity contribution in [1.29, 1.82) is 0 Å². The fraction of sp³-hybridized carbons (Fsp3) is 0.600. The lowest BCUT2D eigenvalue weighted by Crippen LogP contribution is -2.13. The van der Waals surface area contributed by atoms with Gasteiger partial charge in [0.05, 0.1) is 11.4 Å². The van der Waals surface area contributed by atoms with Crippen LogP contribution in [0.15, 0.2) is 0 Å². The average Bonchev–Trinajstić information content (AvgIpc) is 2.69. The molecule has 1 aliphatic carbocycles. The van der Waals surface area contributed by atoms with Gasteiger partial charge in [0.1, 0.15) is 0 Å². The highest BCUT2D eigenvalue weighted by Gasteiger charge is 2.46. The molecule has 1 unspecified atom stereocenters. The van der Waals surface area contributed by atoms with Crippen LogP contribution in [0.4, 0.5) is 11.5 Å². The molecule has 1 aromatic heterocycles. The minimum absolute atomic E-state index is 0.239. The Kier molecular flexibility index (Phi) is 2.26. The van der Waals surface area contributed by atoms with E-state index in [2.05, 4.69) is 29.1 Å². The zero-order valence-corrected chi connectivity index (χ0v) is 9.89. The highest BCUT2D eigenvalue weighted by molar-refractivity contribution is 6.28. The molecule has 0 aromatic carbocycles. The Hall–Kier alpha value is -1.03. The lowest BCUT2D eigenvalue weighted by Gasteiger charge is -2.11. The van der Waals surface area contributed by atoms with Gasteiger partial charge in [-0.3, -0.25) is 0 Å². The zero-order valence-electron chi connectivity index (χ0n) is 9.13. The minimum atomic E-state index is 0.239. The van der Waals surface area contributed by atoms with Crippen molar-refractivity contribution in [3.05, 3.63) is 11.0 Å². The normalized spacial score (nSPS) is 22.5. The van der Waals surface area contributed by atoms with Crippen molar-refractivity contribution in [2.45, 2.75) is 33.2 Å². The Balaban J connectivity index is 2.22. The van der Waals surface area contributed by atoms with Gasteiger partial charge in [0.2, 0.25) is 5.28 Å². The summed E-state index contributed by atoms with van der Waals surface area (Å²) in [4.78, 5) is 8.08. The van der Waals surface area contributed by atoms with Gasteiger partial charge in [-0.1, -0.05) is 13.8 Å². The number of aromatic nitrogens is 2. The number of nitrogens with one attached hydrogen (secondary N) is 1. The molecule has 3 N–H and O–H groups in total. The molecule has 4 nitrogen and oxygen atoms in total. The lowest BCUT2D eigenvalue weighted by atomic mass is 10.2. The number of hydrogen-bond donors (Lipinski definition) is 2. The molecule has 0 saturated heterocycles. The summed E-state index contributed by atoms with van der Waals surface area (Å²) >= 11 is 5.78. The molecule has 1 saturated carbocycles. The number of hydrogen-bond acceptors (Lipinski definition) is 4. The van der Waals surface area contributed by atoms with E-state index in [1.165, 1.54) is 0 Å². The zero-order chi connectivity index (χ0) is 11.2. The highest BCUT2D eigenvalue weighted by Crippen LogP contribution is 2.46. The summed E-state index contributed by atoms with van der Waals surface area (Å²) in [6, 6.07) is 0.435. The SMILES string of the molecule is Cc1nc(Cl)nc(NC2CC2(C)C)c1N. The van der Waals surface area contributed by atoms with Crippen LogP contribution in [0.3, 0.4) is 0 Å². The number of rotatable bonds is 2. The molecule has 1 atom stereocenters. The fourth-order valence-corrected chi connectivity index (χ4v) is 1.75. The first-order valence-corrected chi connectivity index (χ1v) is 5.34. The average molecular weight is 227 g/mol. The Morgan fingerprint density at radius 2 is 2.07 bits per heavy atom. The van der Waals surface area contributed by atoms with E-state index >= 15 is 0 Å². The summed E-state index contributed by atoms with van der Waals surface area (Å²) in [7, 11) is 0. The molecule has 0 radical (unpaired) electrons. The van der Waals surface area contributed by atoms with Crippen LogP contribution in [0.1, 0.15) is 26.0 Å². The smallest absolute Gasteiger partial charge is 0.224 e. The largest absolute Gasteiger partial charge is 0.394 e. The molecule has 1 fully saturated rings. The van der Waals surface area contributed by atoms with E-state index in [9.17, 15) is 0 Å². The molecule has 1 aromatic rings. The first kappa shape index (κ1) is 10.5. The molecular formula is C10H15ClN4. The molecule has 0 bridgehead atoms. The fourth-order valence-electron chi connectivity index (χ4n) is 1.54. The van der Waals surface area contributed by atoms with Gasteiger partial charge < -0.3 is 11.1 Å². The van der Waals surface area contributed by atoms with Crippen molar-refractivity contribution in [2.24, 2.45) is 5.41 Å². The minimum Gasteiger partial charge on any atom is -0.394 e. The Bertz CT molecular complexity index is 403. The van der Waals surface area contributed by atoms with E-state index in [-0.39, 0.29) is 5.28 Å². The third-order valence-electron chi connectivity index (χ3n) is 2.93. The molecule has 2 rings (SSSR count). The summed E-state index contributed by atoms with van der Waals surface area (Å²) < 4.78 is 0. The molecule has 1 aliphatic rings. The van der Waals surface area contributed by atoms with Gasteiger partial charge in [0.15, 0.2) is 5.82 Å². The van der Waals surface area contributed by atoms with Crippen LogP contribution < -0.4 is 11.1 Å².